The van der Waals surface area contributed by atoms with Crippen molar-refractivity contribution in [1.82, 2.24) is 0 Å². The zero-order valence-corrected chi connectivity index (χ0v) is 11.5. The van der Waals surface area contributed by atoms with Gasteiger partial charge in [-0.1, -0.05) is 35.5 Å². The number of hydrogen-bond donors (Lipinski definition) is 2. The van der Waals surface area contributed by atoms with Crippen LogP contribution < -0.4 is 4.74 Å². The molecular weight excluding hydrogens is 258 g/mol. The van der Waals surface area contributed by atoms with E-state index in [9.17, 15) is 0 Å². The Balaban J connectivity index is 2.29. The molecule has 0 aliphatic carbocycles. The number of benzene rings is 2. The molecule has 0 radical (unpaired) electrons. The van der Waals surface area contributed by atoms with Crippen LogP contribution in [0.1, 0.15) is 18.4 Å². The van der Waals surface area contributed by atoms with Crippen LogP contribution in [0.5, 0.6) is 5.75 Å². The molecule has 0 aromatic heterocycles. The summed E-state index contributed by atoms with van der Waals surface area (Å²) in [6.07, 6.45) is 3.42. The van der Waals surface area contributed by atoms with Gasteiger partial charge < -0.3 is 9.94 Å². The van der Waals surface area contributed by atoms with Crippen molar-refractivity contribution in [2.75, 3.05) is 12.4 Å². The molecule has 3 nitrogen and oxygen atoms in total. The minimum atomic E-state index is 0.644. The van der Waals surface area contributed by atoms with Gasteiger partial charge in [0.25, 0.3) is 0 Å². The Bertz CT molecular complexity index is 569. The topological polar surface area (TPSA) is 41.8 Å². The maximum absolute atomic E-state index is 8.82. The molecular formula is C15H17NO2S. The van der Waals surface area contributed by atoms with Crippen molar-refractivity contribution in [1.29, 1.82) is 0 Å². The standard InChI is InChI=1S/C15H17NO2S/c17-16-11-14-13-6-2-1-5-12(13)7-8-15(14)18-9-3-4-10-19/h1-2,5-8,11,17,19H,3-4,9-10H2/b16-11+. The van der Waals surface area contributed by atoms with Crippen molar-refractivity contribution < 1.29 is 9.94 Å². The molecule has 0 spiro atoms. The fraction of sp³-hybridized carbons (Fsp3) is 0.267. The van der Waals surface area contributed by atoms with E-state index in [2.05, 4.69) is 17.8 Å². The van der Waals surface area contributed by atoms with Crippen LogP contribution in [0.3, 0.4) is 0 Å². The number of ether oxygens (including phenoxy) is 1. The summed E-state index contributed by atoms with van der Waals surface area (Å²) in [6.45, 7) is 0.644. The van der Waals surface area contributed by atoms with Crippen LogP contribution in [0, 0.1) is 0 Å². The quantitative estimate of drug-likeness (QED) is 0.277. The van der Waals surface area contributed by atoms with Gasteiger partial charge in [0.15, 0.2) is 0 Å². The summed E-state index contributed by atoms with van der Waals surface area (Å²) in [6, 6.07) is 11.9. The van der Waals surface area contributed by atoms with E-state index < -0.39 is 0 Å². The molecule has 0 unspecified atom stereocenters. The van der Waals surface area contributed by atoms with Gasteiger partial charge in [0.2, 0.25) is 0 Å². The van der Waals surface area contributed by atoms with Crippen molar-refractivity contribution in [2.24, 2.45) is 5.16 Å². The lowest BCUT2D eigenvalue weighted by Crippen LogP contribution is -2.01. The zero-order chi connectivity index (χ0) is 13.5. The van der Waals surface area contributed by atoms with Gasteiger partial charge in [-0.3, -0.25) is 0 Å². The third-order valence-electron chi connectivity index (χ3n) is 2.93. The summed E-state index contributed by atoms with van der Waals surface area (Å²) in [7, 11) is 0. The third-order valence-corrected chi connectivity index (χ3v) is 3.24. The van der Waals surface area contributed by atoms with Crippen LogP contribution in [0.4, 0.5) is 0 Å². The zero-order valence-electron chi connectivity index (χ0n) is 10.6. The predicted octanol–water partition coefficient (Wildman–Crippen LogP) is 3.74. The molecule has 0 saturated carbocycles. The average molecular weight is 275 g/mol. The second kappa shape index (κ2) is 7.04. The lowest BCUT2D eigenvalue weighted by Gasteiger charge is -2.11. The van der Waals surface area contributed by atoms with Crippen LogP contribution in [0.15, 0.2) is 41.6 Å². The fourth-order valence-corrected chi connectivity index (χ4v) is 2.21. The van der Waals surface area contributed by atoms with Crippen LogP contribution >= 0.6 is 12.6 Å². The number of hydrogen-bond acceptors (Lipinski definition) is 4. The second-order valence-electron chi connectivity index (χ2n) is 4.22. The van der Waals surface area contributed by atoms with E-state index in [1.807, 2.05) is 36.4 Å². The molecule has 1 N–H and O–H groups in total. The van der Waals surface area contributed by atoms with Crippen LogP contribution in [-0.4, -0.2) is 23.8 Å². The molecule has 19 heavy (non-hydrogen) atoms. The Morgan fingerprint density at radius 2 is 2.00 bits per heavy atom. The maximum Gasteiger partial charge on any atom is 0.128 e. The number of thiol groups is 1. The molecule has 0 amide bonds. The van der Waals surface area contributed by atoms with Gasteiger partial charge in [0.1, 0.15) is 5.75 Å². The first-order valence-corrected chi connectivity index (χ1v) is 6.93. The summed E-state index contributed by atoms with van der Waals surface area (Å²) in [5, 5.41) is 14.1. The molecule has 0 bridgehead atoms. The summed E-state index contributed by atoms with van der Waals surface area (Å²) in [5.74, 6) is 1.61. The summed E-state index contributed by atoms with van der Waals surface area (Å²) in [4.78, 5) is 0. The third kappa shape index (κ3) is 3.41. The van der Waals surface area contributed by atoms with Crippen molar-refractivity contribution >= 4 is 29.6 Å². The first-order chi connectivity index (χ1) is 9.36. The highest BCUT2D eigenvalue weighted by Crippen LogP contribution is 2.26. The normalized spacial score (nSPS) is 11.2. The van der Waals surface area contributed by atoms with Gasteiger partial charge >= 0.3 is 0 Å². The maximum atomic E-state index is 8.82. The minimum absolute atomic E-state index is 0.644. The van der Waals surface area contributed by atoms with Crippen molar-refractivity contribution in [3.05, 3.63) is 42.0 Å². The molecule has 0 saturated heterocycles. The lowest BCUT2D eigenvalue weighted by atomic mass is 10.0. The monoisotopic (exact) mass is 275 g/mol. The Morgan fingerprint density at radius 1 is 1.16 bits per heavy atom. The first kappa shape index (κ1) is 13.7. The van der Waals surface area contributed by atoms with E-state index in [0.29, 0.717) is 6.61 Å². The minimum Gasteiger partial charge on any atom is -0.493 e. The highest BCUT2D eigenvalue weighted by atomic mass is 32.1. The van der Waals surface area contributed by atoms with Gasteiger partial charge in [-0.05, 0) is 35.4 Å². The molecule has 100 valence electrons. The Kier molecular flexibility index (Phi) is 5.10. The highest BCUT2D eigenvalue weighted by molar-refractivity contribution is 7.80. The van der Waals surface area contributed by atoms with E-state index in [1.54, 1.807) is 0 Å². The SMILES string of the molecule is O/N=C/c1c(OCCCCS)ccc2ccccc12. The first-order valence-electron chi connectivity index (χ1n) is 6.29. The number of fused-ring (bicyclic) bond motifs is 1. The second-order valence-corrected chi connectivity index (χ2v) is 4.67. The van der Waals surface area contributed by atoms with Gasteiger partial charge in [-0.25, -0.2) is 0 Å². The molecule has 0 atom stereocenters. The van der Waals surface area contributed by atoms with Crippen LogP contribution in [-0.2, 0) is 0 Å². The Labute approximate surface area is 118 Å². The smallest absolute Gasteiger partial charge is 0.128 e. The Morgan fingerprint density at radius 3 is 2.79 bits per heavy atom. The number of rotatable bonds is 6. The molecule has 2 aromatic rings. The van der Waals surface area contributed by atoms with Gasteiger partial charge in [0, 0.05) is 5.56 Å². The fourth-order valence-electron chi connectivity index (χ4n) is 1.99. The molecule has 0 heterocycles. The van der Waals surface area contributed by atoms with Gasteiger partial charge in [-0.15, -0.1) is 0 Å². The van der Waals surface area contributed by atoms with Crippen LogP contribution in [0.2, 0.25) is 0 Å². The van der Waals surface area contributed by atoms with E-state index >= 15 is 0 Å². The lowest BCUT2D eigenvalue weighted by molar-refractivity contribution is 0.308. The predicted molar refractivity (Wildman–Crippen MR) is 81.9 cm³/mol. The van der Waals surface area contributed by atoms with Crippen molar-refractivity contribution in [3.8, 4) is 5.75 Å². The number of nitrogens with zero attached hydrogens (tertiary/aromatic N) is 1. The average Bonchev–Trinajstić information content (AvgIpc) is 2.45. The molecule has 4 heteroatoms. The number of unbranched alkanes of at least 4 members (excludes halogenated alkanes) is 1. The van der Waals surface area contributed by atoms with E-state index in [1.165, 1.54) is 6.21 Å². The molecule has 0 fully saturated rings. The molecule has 0 aliphatic heterocycles. The molecule has 2 aromatic carbocycles. The van der Waals surface area contributed by atoms with Crippen molar-refractivity contribution in [3.63, 3.8) is 0 Å². The van der Waals surface area contributed by atoms with E-state index in [-0.39, 0.29) is 0 Å². The largest absolute Gasteiger partial charge is 0.493 e. The molecule has 0 aliphatic rings. The Hall–Kier alpha value is -1.68. The summed E-state index contributed by atoms with van der Waals surface area (Å²) >= 11 is 4.17. The summed E-state index contributed by atoms with van der Waals surface area (Å²) < 4.78 is 5.76. The van der Waals surface area contributed by atoms with Crippen LogP contribution in [0.25, 0.3) is 10.8 Å². The highest BCUT2D eigenvalue weighted by Gasteiger charge is 2.07. The van der Waals surface area contributed by atoms with E-state index in [4.69, 9.17) is 9.94 Å². The molecule has 2 rings (SSSR count). The van der Waals surface area contributed by atoms with Gasteiger partial charge in [0.05, 0.1) is 12.8 Å². The van der Waals surface area contributed by atoms with Gasteiger partial charge in [-0.2, -0.15) is 12.6 Å². The van der Waals surface area contributed by atoms with E-state index in [0.717, 1.165) is 40.7 Å². The van der Waals surface area contributed by atoms with Crippen molar-refractivity contribution in [2.45, 2.75) is 12.8 Å². The number of oxime groups is 1. The summed E-state index contributed by atoms with van der Waals surface area (Å²) in [5.41, 5.74) is 0.812.